The van der Waals surface area contributed by atoms with E-state index in [-0.39, 0.29) is 5.69 Å². The van der Waals surface area contributed by atoms with Gasteiger partial charge in [-0.15, -0.1) is 0 Å². The third-order valence-corrected chi connectivity index (χ3v) is 3.72. The molecular weight excluding hydrogens is 364 g/mol. The van der Waals surface area contributed by atoms with Crippen molar-refractivity contribution in [2.24, 2.45) is 0 Å². The van der Waals surface area contributed by atoms with Gasteiger partial charge in [-0.2, -0.15) is 0 Å². The van der Waals surface area contributed by atoms with Gasteiger partial charge in [0.25, 0.3) is 5.69 Å². The summed E-state index contributed by atoms with van der Waals surface area (Å²) in [5.74, 6) is 1.30. The Bertz CT molecular complexity index is 706. The molecule has 6 nitrogen and oxygen atoms in total. The molecule has 0 saturated heterocycles. The van der Waals surface area contributed by atoms with Gasteiger partial charge in [0.15, 0.2) is 11.5 Å². The fourth-order valence-corrected chi connectivity index (χ4v) is 2.77. The molecule has 0 aliphatic heterocycles. The van der Waals surface area contributed by atoms with E-state index in [1.54, 1.807) is 19.2 Å². The number of nitro benzene ring substituents is 1. The molecule has 0 fully saturated rings. The molecule has 2 aromatic rings. The second-order valence-electron chi connectivity index (χ2n) is 4.70. The quantitative estimate of drug-likeness (QED) is 0.569. The van der Waals surface area contributed by atoms with E-state index < -0.39 is 4.92 Å². The predicted octanol–water partition coefficient (Wildman–Crippen LogP) is 4.38. The summed E-state index contributed by atoms with van der Waals surface area (Å²) in [6, 6.07) is 10.2. The Balaban J connectivity index is 2.17. The summed E-state index contributed by atoms with van der Waals surface area (Å²) in [4.78, 5) is 10.4. The Hall–Kier alpha value is -2.28. The van der Waals surface area contributed by atoms with Crippen molar-refractivity contribution >= 4 is 27.3 Å². The highest BCUT2D eigenvalue weighted by molar-refractivity contribution is 9.10. The number of methoxy groups -OCH3 is 1. The van der Waals surface area contributed by atoms with Gasteiger partial charge >= 0.3 is 0 Å². The number of halogens is 1. The summed E-state index contributed by atoms with van der Waals surface area (Å²) < 4.78 is 11.7. The normalized spacial score (nSPS) is 10.2. The molecule has 0 aliphatic carbocycles. The van der Waals surface area contributed by atoms with Gasteiger partial charge in [-0.1, -0.05) is 6.07 Å². The number of nitro groups is 1. The van der Waals surface area contributed by atoms with Gasteiger partial charge in [0, 0.05) is 24.4 Å². The molecule has 0 saturated carbocycles. The Morgan fingerprint density at radius 1 is 1.30 bits per heavy atom. The van der Waals surface area contributed by atoms with Crippen molar-refractivity contribution in [2.75, 3.05) is 19.0 Å². The standard InChI is InChI=1S/C16H17BrN2O4/c1-3-23-15-8-11(7-14(17)16(15)22-2)10-18-12-5-4-6-13(9-12)19(20)21/h4-9,18H,3,10H2,1-2H3. The van der Waals surface area contributed by atoms with Crippen molar-refractivity contribution in [3.05, 3.63) is 56.5 Å². The third kappa shape index (κ3) is 4.35. The minimum absolute atomic E-state index is 0.0564. The molecule has 0 spiro atoms. The maximum Gasteiger partial charge on any atom is 0.271 e. The van der Waals surface area contributed by atoms with Crippen molar-refractivity contribution in [1.29, 1.82) is 0 Å². The monoisotopic (exact) mass is 380 g/mol. The van der Waals surface area contributed by atoms with Crippen molar-refractivity contribution in [3.8, 4) is 11.5 Å². The average molecular weight is 381 g/mol. The van der Waals surface area contributed by atoms with Gasteiger partial charge in [-0.05, 0) is 46.6 Å². The Kier molecular flexibility index (Phi) is 5.81. The lowest BCUT2D eigenvalue weighted by atomic mass is 10.2. The predicted molar refractivity (Wildman–Crippen MR) is 92.3 cm³/mol. The SMILES string of the molecule is CCOc1cc(CNc2cccc([N+](=O)[O-])c2)cc(Br)c1OC. The minimum atomic E-state index is -0.414. The van der Waals surface area contributed by atoms with Crippen LogP contribution in [0.2, 0.25) is 0 Å². The molecule has 0 radical (unpaired) electrons. The number of rotatable bonds is 7. The number of ether oxygens (including phenoxy) is 2. The van der Waals surface area contributed by atoms with E-state index in [1.165, 1.54) is 12.1 Å². The zero-order valence-electron chi connectivity index (χ0n) is 12.8. The van der Waals surface area contributed by atoms with E-state index in [2.05, 4.69) is 21.2 Å². The Morgan fingerprint density at radius 2 is 2.09 bits per heavy atom. The van der Waals surface area contributed by atoms with E-state index in [9.17, 15) is 10.1 Å². The van der Waals surface area contributed by atoms with Crippen LogP contribution in [0, 0.1) is 10.1 Å². The van der Waals surface area contributed by atoms with E-state index in [0.29, 0.717) is 30.3 Å². The van der Waals surface area contributed by atoms with Crippen molar-refractivity contribution in [1.82, 2.24) is 0 Å². The maximum atomic E-state index is 10.8. The molecule has 122 valence electrons. The van der Waals surface area contributed by atoms with E-state index >= 15 is 0 Å². The molecule has 0 aromatic heterocycles. The highest BCUT2D eigenvalue weighted by Crippen LogP contribution is 2.36. The Labute approximate surface area is 142 Å². The second-order valence-corrected chi connectivity index (χ2v) is 5.56. The van der Waals surface area contributed by atoms with Crippen LogP contribution in [0.4, 0.5) is 11.4 Å². The second kappa shape index (κ2) is 7.82. The molecule has 2 aromatic carbocycles. The number of benzene rings is 2. The number of nitrogens with zero attached hydrogens (tertiary/aromatic N) is 1. The molecule has 1 N–H and O–H groups in total. The van der Waals surface area contributed by atoms with E-state index in [4.69, 9.17) is 9.47 Å². The number of non-ortho nitro benzene ring substituents is 1. The molecule has 23 heavy (non-hydrogen) atoms. The molecule has 7 heteroatoms. The van der Waals surface area contributed by atoms with Crippen molar-refractivity contribution in [3.63, 3.8) is 0 Å². The minimum Gasteiger partial charge on any atom is -0.492 e. The number of nitrogens with one attached hydrogen (secondary N) is 1. The van der Waals surface area contributed by atoms with Gasteiger partial charge in [0.05, 0.1) is 23.1 Å². The first-order chi connectivity index (χ1) is 11.0. The first-order valence-corrected chi connectivity index (χ1v) is 7.82. The molecule has 0 aliphatic rings. The van der Waals surface area contributed by atoms with E-state index in [1.807, 2.05) is 19.1 Å². The van der Waals surface area contributed by atoms with Crippen LogP contribution < -0.4 is 14.8 Å². The van der Waals surface area contributed by atoms with Gasteiger partial charge in [0.2, 0.25) is 0 Å². The molecule has 0 heterocycles. The topological polar surface area (TPSA) is 73.6 Å². The van der Waals surface area contributed by atoms with Crippen LogP contribution in [0.3, 0.4) is 0 Å². The fraction of sp³-hybridized carbons (Fsp3) is 0.250. The summed E-state index contributed by atoms with van der Waals surface area (Å²) >= 11 is 3.46. The Morgan fingerprint density at radius 3 is 2.74 bits per heavy atom. The zero-order valence-corrected chi connectivity index (χ0v) is 14.4. The summed E-state index contributed by atoms with van der Waals surface area (Å²) in [7, 11) is 1.59. The highest BCUT2D eigenvalue weighted by Gasteiger charge is 2.11. The van der Waals surface area contributed by atoms with Gasteiger partial charge in [-0.25, -0.2) is 0 Å². The van der Waals surface area contributed by atoms with Gasteiger partial charge < -0.3 is 14.8 Å². The molecule has 2 rings (SSSR count). The zero-order chi connectivity index (χ0) is 16.8. The van der Waals surface area contributed by atoms with Crippen molar-refractivity contribution < 1.29 is 14.4 Å². The number of hydrogen-bond acceptors (Lipinski definition) is 5. The van der Waals surface area contributed by atoms with Crippen LogP contribution in [0.5, 0.6) is 11.5 Å². The lowest BCUT2D eigenvalue weighted by Crippen LogP contribution is -2.02. The molecule has 0 unspecified atom stereocenters. The lowest BCUT2D eigenvalue weighted by molar-refractivity contribution is -0.384. The largest absolute Gasteiger partial charge is 0.492 e. The molecular formula is C16H17BrN2O4. The highest BCUT2D eigenvalue weighted by atomic mass is 79.9. The summed E-state index contributed by atoms with van der Waals surface area (Å²) in [6.07, 6.45) is 0. The van der Waals surface area contributed by atoms with Crippen LogP contribution in [0.1, 0.15) is 12.5 Å². The number of anilines is 1. The number of hydrogen-bond donors (Lipinski definition) is 1. The first-order valence-electron chi connectivity index (χ1n) is 7.02. The summed E-state index contributed by atoms with van der Waals surface area (Å²) in [5, 5.41) is 14.0. The smallest absolute Gasteiger partial charge is 0.271 e. The van der Waals surface area contributed by atoms with Crippen LogP contribution >= 0.6 is 15.9 Å². The fourth-order valence-electron chi connectivity index (χ4n) is 2.12. The van der Waals surface area contributed by atoms with E-state index in [0.717, 1.165) is 10.0 Å². The van der Waals surface area contributed by atoms with Crippen molar-refractivity contribution in [2.45, 2.75) is 13.5 Å². The average Bonchev–Trinajstić information content (AvgIpc) is 2.53. The summed E-state index contributed by atoms with van der Waals surface area (Å²) in [6.45, 7) is 2.94. The van der Waals surface area contributed by atoms with Gasteiger partial charge in [-0.3, -0.25) is 10.1 Å². The van der Waals surface area contributed by atoms with Crippen LogP contribution in [-0.2, 0) is 6.54 Å². The molecule has 0 amide bonds. The molecule has 0 atom stereocenters. The third-order valence-electron chi connectivity index (χ3n) is 3.13. The maximum absolute atomic E-state index is 10.8. The van der Waals surface area contributed by atoms with Crippen LogP contribution in [-0.4, -0.2) is 18.6 Å². The van der Waals surface area contributed by atoms with Crippen LogP contribution in [0.25, 0.3) is 0 Å². The molecule has 0 bridgehead atoms. The first kappa shape index (κ1) is 17.1. The lowest BCUT2D eigenvalue weighted by Gasteiger charge is -2.14. The summed E-state index contributed by atoms with van der Waals surface area (Å²) in [5.41, 5.74) is 1.71. The van der Waals surface area contributed by atoms with Gasteiger partial charge in [0.1, 0.15) is 0 Å². The van der Waals surface area contributed by atoms with Crippen LogP contribution in [0.15, 0.2) is 40.9 Å².